The average Bonchev–Trinajstić information content (AvgIpc) is 3.21. The highest BCUT2D eigenvalue weighted by Gasteiger charge is 2.47. The van der Waals surface area contributed by atoms with Gasteiger partial charge in [0.1, 0.15) is 5.82 Å². The Labute approximate surface area is 111 Å². The molecule has 0 unspecified atom stereocenters. The maximum Gasteiger partial charge on any atom is 0.251 e. The van der Waals surface area contributed by atoms with Crippen molar-refractivity contribution in [3.63, 3.8) is 0 Å². The highest BCUT2D eigenvalue weighted by molar-refractivity contribution is 5.95. The summed E-state index contributed by atoms with van der Waals surface area (Å²) in [6.07, 6.45) is 1.57. The molecule has 1 amide bonds. The van der Waals surface area contributed by atoms with Crippen LogP contribution in [0.15, 0.2) is 54.6 Å². The molecule has 1 N–H and O–H groups in total. The van der Waals surface area contributed by atoms with Gasteiger partial charge in [-0.25, -0.2) is 4.39 Å². The molecule has 0 radical (unpaired) electrons. The first-order valence-electron chi connectivity index (χ1n) is 6.34. The van der Waals surface area contributed by atoms with Gasteiger partial charge < -0.3 is 5.32 Å². The van der Waals surface area contributed by atoms with Crippen LogP contribution in [0.1, 0.15) is 28.8 Å². The molecule has 2 aromatic carbocycles. The molecule has 0 atom stereocenters. The minimum atomic E-state index is -0.516. The van der Waals surface area contributed by atoms with Gasteiger partial charge in [-0.1, -0.05) is 36.4 Å². The smallest absolute Gasteiger partial charge is 0.251 e. The van der Waals surface area contributed by atoms with Crippen LogP contribution in [-0.4, -0.2) is 5.91 Å². The molecular weight excluding hydrogens is 241 g/mol. The number of amides is 1. The Morgan fingerprint density at radius 1 is 1.00 bits per heavy atom. The van der Waals surface area contributed by atoms with Crippen LogP contribution in [-0.2, 0) is 5.54 Å². The molecule has 19 heavy (non-hydrogen) atoms. The number of carbonyl (C=O) groups excluding carboxylic acids is 1. The van der Waals surface area contributed by atoms with Crippen LogP contribution >= 0.6 is 0 Å². The molecule has 0 heterocycles. The summed E-state index contributed by atoms with van der Waals surface area (Å²) in [4.78, 5) is 12.2. The van der Waals surface area contributed by atoms with E-state index < -0.39 is 5.54 Å². The van der Waals surface area contributed by atoms with E-state index in [-0.39, 0.29) is 11.7 Å². The van der Waals surface area contributed by atoms with Gasteiger partial charge in [-0.3, -0.25) is 4.79 Å². The van der Waals surface area contributed by atoms with Gasteiger partial charge in [0.2, 0.25) is 0 Å². The summed E-state index contributed by atoms with van der Waals surface area (Å²) in [5.74, 6) is -0.408. The maximum absolute atomic E-state index is 13.8. The Bertz CT molecular complexity index is 605. The van der Waals surface area contributed by atoms with Gasteiger partial charge in [0.15, 0.2) is 0 Å². The Morgan fingerprint density at radius 3 is 2.26 bits per heavy atom. The second-order valence-electron chi connectivity index (χ2n) is 4.88. The third-order valence-corrected chi connectivity index (χ3v) is 3.53. The zero-order valence-electron chi connectivity index (χ0n) is 10.4. The van der Waals surface area contributed by atoms with E-state index in [9.17, 15) is 9.18 Å². The molecule has 0 bridgehead atoms. The zero-order chi connectivity index (χ0) is 13.3. The van der Waals surface area contributed by atoms with Crippen molar-refractivity contribution in [2.75, 3.05) is 0 Å². The van der Waals surface area contributed by atoms with Gasteiger partial charge in [0.05, 0.1) is 5.54 Å². The number of carbonyl (C=O) groups is 1. The molecule has 3 heteroatoms. The molecule has 0 spiro atoms. The third-order valence-electron chi connectivity index (χ3n) is 3.53. The first-order valence-corrected chi connectivity index (χ1v) is 6.34. The predicted molar refractivity (Wildman–Crippen MR) is 71.2 cm³/mol. The molecule has 0 aliphatic heterocycles. The summed E-state index contributed by atoms with van der Waals surface area (Å²) in [5.41, 5.74) is 0.669. The van der Waals surface area contributed by atoms with Crippen LogP contribution < -0.4 is 5.32 Å². The molecule has 1 aliphatic rings. The quantitative estimate of drug-likeness (QED) is 0.896. The summed E-state index contributed by atoms with van der Waals surface area (Å²) >= 11 is 0. The van der Waals surface area contributed by atoms with Gasteiger partial charge in [-0.05, 0) is 31.0 Å². The lowest BCUT2D eigenvalue weighted by molar-refractivity contribution is 0.0930. The van der Waals surface area contributed by atoms with E-state index in [2.05, 4.69) is 5.32 Å². The minimum absolute atomic E-state index is 0.152. The number of rotatable bonds is 3. The SMILES string of the molecule is O=C(NC1(c2ccccc2F)CC1)c1ccccc1. The van der Waals surface area contributed by atoms with Crippen molar-refractivity contribution in [1.29, 1.82) is 0 Å². The van der Waals surface area contributed by atoms with E-state index >= 15 is 0 Å². The van der Waals surface area contributed by atoms with E-state index in [0.29, 0.717) is 11.1 Å². The number of benzene rings is 2. The van der Waals surface area contributed by atoms with E-state index in [1.54, 1.807) is 30.3 Å². The first-order chi connectivity index (χ1) is 9.21. The van der Waals surface area contributed by atoms with Crippen LogP contribution in [0.4, 0.5) is 4.39 Å². The standard InChI is InChI=1S/C16H14FNO/c17-14-9-5-4-8-13(14)16(10-11-16)18-15(19)12-6-2-1-3-7-12/h1-9H,10-11H2,(H,18,19). The molecule has 1 saturated carbocycles. The molecule has 0 aromatic heterocycles. The normalized spacial score (nSPS) is 15.8. The number of nitrogens with one attached hydrogen (secondary N) is 1. The Hall–Kier alpha value is -2.16. The second-order valence-corrected chi connectivity index (χ2v) is 4.88. The first kappa shape index (κ1) is 11.9. The monoisotopic (exact) mass is 255 g/mol. The predicted octanol–water partition coefficient (Wildman–Crippen LogP) is 3.24. The molecule has 1 fully saturated rings. The van der Waals surface area contributed by atoms with Gasteiger partial charge in [0, 0.05) is 11.1 Å². The number of halogens is 1. The van der Waals surface area contributed by atoms with E-state index in [1.165, 1.54) is 6.07 Å². The van der Waals surface area contributed by atoms with Crippen LogP contribution in [0.3, 0.4) is 0 Å². The summed E-state index contributed by atoms with van der Waals surface area (Å²) in [6, 6.07) is 15.6. The molecule has 96 valence electrons. The molecular formula is C16H14FNO. The van der Waals surface area contributed by atoms with Crippen molar-refractivity contribution < 1.29 is 9.18 Å². The van der Waals surface area contributed by atoms with Gasteiger partial charge >= 0.3 is 0 Å². The van der Waals surface area contributed by atoms with Crippen molar-refractivity contribution in [3.05, 3.63) is 71.5 Å². The van der Waals surface area contributed by atoms with E-state index in [4.69, 9.17) is 0 Å². The average molecular weight is 255 g/mol. The summed E-state index contributed by atoms with van der Waals surface area (Å²) in [6.45, 7) is 0. The van der Waals surface area contributed by atoms with Crippen molar-refractivity contribution in [2.24, 2.45) is 0 Å². The summed E-state index contributed by atoms with van der Waals surface area (Å²) in [7, 11) is 0. The lowest BCUT2D eigenvalue weighted by Crippen LogP contribution is -2.35. The topological polar surface area (TPSA) is 29.1 Å². The van der Waals surface area contributed by atoms with Gasteiger partial charge in [-0.2, -0.15) is 0 Å². The van der Waals surface area contributed by atoms with E-state index in [0.717, 1.165) is 12.8 Å². The van der Waals surface area contributed by atoms with Crippen molar-refractivity contribution in [3.8, 4) is 0 Å². The van der Waals surface area contributed by atoms with Crippen LogP contribution in [0.2, 0.25) is 0 Å². The molecule has 1 aliphatic carbocycles. The fraction of sp³-hybridized carbons (Fsp3) is 0.188. The van der Waals surface area contributed by atoms with Crippen LogP contribution in [0.25, 0.3) is 0 Å². The van der Waals surface area contributed by atoms with Crippen LogP contribution in [0, 0.1) is 5.82 Å². The summed E-state index contributed by atoms with van der Waals surface area (Å²) < 4.78 is 13.8. The highest BCUT2D eigenvalue weighted by Crippen LogP contribution is 2.46. The number of hydrogen-bond donors (Lipinski definition) is 1. The molecule has 2 nitrogen and oxygen atoms in total. The maximum atomic E-state index is 13.8. The third kappa shape index (κ3) is 2.24. The minimum Gasteiger partial charge on any atom is -0.342 e. The van der Waals surface area contributed by atoms with E-state index in [1.807, 2.05) is 18.2 Å². The Morgan fingerprint density at radius 2 is 1.63 bits per heavy atom. The fourth-order valence-electron chi connectivity index (χ4n) is 2.32. The number of hydrogen-bond acceptors (Lipinski definition) is 1. The van der Waals surface area contributed by atoms with Gasteiger partial charge in [0.25, 0.3) is 5.91 Å². The van der Waals surface area contributed by atoms with Crippen molar-refractivity contribution >= 4 is 5.91 Å². The second kappa shape index (κ2) is 4.50. The lowest BCUT2D eigenvalue weighted by atomic mass is 10.0. The molecule has 0 saturated heterocycles. The Kier molecular flexibility index (Phi) is 2.82. The highest BCUT2D eigenvalue weighted by atomic mass is 19.1. The molecule has 2 aromatic rings. The van der Waals surface area contributed by atoms with Gasteiger partial charge in [-0.15, -0.1) is 0 Å². The molecule has 3 rings (SSSR count). The van der Waals surface area contributed by atoms with Crippen LogP contribution in [0.5, 0.6) is 0 Å². The lowest BCUT2D eigenvalue weighted by Gasteiger charge is -2.18. The Balaban J connectivity index is 1.84. The van der Waals surface area contributed by atoms with Crippen molar-refractivity contribution in [1.82, 2.24) is 5.32 Å². The largest absolute Gasteiger partial charge is 0.342 e. The zero-order valence-corrected chi connectivity index (χ0v) is 10.4. The summed E-state index contributed by atoms with van der Waals surface area (Å²) in [5, 5.41) is 2.96. The van der Waals surface area contributed by atoms with Crippen molar-refractivity contribution in [2.45, 2.75) is 18.4 Å². The fourth-order valence-corrected chi connectivity index (χ4v) is 2.32.